The third-order valence-corrected chi connectivity index (χ3v) is 6.83. The van der Waals surface area contributed by atoms with Gasteiger partial charge in [0.25, 0.3) is 0 Å². The zero-order valence-electron chi connectivity index (χ0n) is 21.6. The van der Waals surface area contributed by atoms with Gasteiger partial charge in [0.1, 0.15) is 17.4 Å². The van der Waals surface area contributed by atoms with E-state index in [0.717, 1.165) is 6.07 Å². The summed E-state index contributed by atoms with van der Waals surface area (Å²) in [7, 11) is 1.33. The lowest BCUT2D eigenvalue weighted by molar-refractivity contribution is -0.137. The number of nitrogens with zero attached hydrogens (tertiary/aromatic N) is 6. The first kappa shape index (κ1) is 28.2. The number of rotatable bonds is 6. The normalized spacial score (nSPS) is 18.7. The summed E-state index contributed by atoms with van der Waals surface area (Å²) in [6.45, 7) is 5.20. The van der Waals surface area contributed by atoms with Crippen molar-refractivity contribution in [2.45, 2.75) is 25.0 Å². The van der Waals surface area contributed by atoms with Gasteiger partial charge in [-0.05, 0) is 52.6 Å². The molecule has 0 amide bonds. The molecule has 2 aliphatic rings. The number of aromatic nitrogens is 3. The average molecular weight is 583 g/mol. The molecule has 0 radical (unpaired) electrons. The van der Waals surface area contributed by atoms with Gasteiger partial charge in [-0.25, -0.2) is 9.97 Å². The van der Waals surface area contributed by atoms with Crippen molar-refractivity contribution in [3.05, 3.63) is 54.2 Å². The summed E-state index contributed by atoms with van der Waals surface area (Å²) in [4.78, 5) is 19.3. The van der Waals surface area contributed by atoms with Gasteiger partial charge < -0.3 is 24.2 Å². The van der Waals surface area contributed by atoms with Crippen LogP contribution >= 0.6 is 9.24 Å². The molecule has 8 nitrogen and oxygen atoms in total. The lowest BCUT2D eigenvalue weighted by atomic mass is 10.1. The molecule has 2 saturated heterocycles. The van der Waals surface area contributed by atoms with Crippen molar-refractivity contribution in [2.24, 2.45) is 0 Å². The van der Waals surface area contributed by atoms with Gasteiger partial charge in [0.05, 0.1) is 24.5 Å². The molecule has 1 aromatic carbocycles. The first-order valence-electron chi connectivity index (χ1n) is 12.7. The highest BCUT2D eigenvalue weighted by atomic mass is 31.0. The van der Waals surface area contributed by atoms with Gasteiger partial charge in [-0.3, -0.25) is 0 Å². The summed E-state index contributed by atoms with van der Waals surface area (Å²) in [5.41, 5.74) is 0.489. The largest absolute Gasteiger partial charge is 0.430 e. The van der Waals surface area contributed by atoms with Crippen LogP contribution in [0.4, 0.5) is 39.5 Å². The van der Waals surface area contributed by atoms with Crippen molar-refractivity contribution in [3.8, 4) is 17.0 Å². The molecule has 3 aromatic rings. The van der Waals surface area contributed by atoms with E-state index in [-0.39, 0.29) is 17.6 Å². The Balaban J connectivity index is 1.44. The summed E-state index contributed by atoms with van der Waals surface area (Å²) < 4.78 is 77.4. The van der Waals surface area contributed by atoms with E-state index in [1.807, 2.05) is 16.7 Å². The molecule has 0 saturated carbocycles. The quantitative estimate of drug-likeness (QED) is 0.300. The number of benzene rings is 1. The van der Waals surface area contributed by atoms with E-state index in [1.54, 1.807) is 23.1 Å². The Bertz CT molecular complexity index is 1320. The molecule has 14 heteroatoms. The maximum atomic E-state index is 13.6. The fraction of sp³-hybridized carbons (Fsp3) is 0.423. The van der Waals surface area contributed by atoms with E-state index in [9.17, 15) is 22.0 Å². The zero-order valence-corrected chi connectivity index (χ0v) is 22.8. The van der Waals surface area contributed by atoms with E-state index in [1.165, 1.54) is 33.6 Å². The van der Waals surface area contributed by atoms with E-state index in [2.05, 4.69) is 9.72 Å². The van der Waals surface area contributed by atoms with Crippen molar-refractivity contribution in [1.29, 1.82) is 0 Å². The van der Waals surface area contributed by atoms with Crippen LogP contribution in [0.15, 0.2) is 48.7 Å². The Hall–Kier alpha value is -3.31. The Labute approximate surface area is 230 Å². The molecule has 4 heterocycles. The molecular weight excluding hydrogens is 554 g/mol. The van der Waals surface area contributed by atoms with E-state index >= 15 is 0 Å². The molecule has 2 aromatic heterocycles. The van der Waals surface area contributed by atoms with E-state index in [0.29, 0.717) is 69.0 Å². The molecule has 2 unspecified atom stereocenters. The maximum Gasteiger partial charge on any atom is 0.419 e. The van der Waals surface area contributed by atoms with Crippen molar-refractivity contribution < 1.29 is 31.4 Å². The highest BCUT2D eigenvalue weighted by molar-refractivity contribution is 7.17. The number of halogens is 5. The number of hydrogen-bond donors (Lipinski definition) is 0. The molecule has 0 aliphatic carbocycles. The van der Waals surface area contributed by atoms with Gasteiger partial charge >= 0.3 is 12.0 Å². The van der Waals surface area contributed by atoms with Gasteiger partial charge in [0, 0.05) is 56.6 Å². The number of alkyl halides is 5. The minimum atomic E-state index is -4.51. The molecular formula is C26H28F5N6O2P. The monoisotopic (exact) mass is 582 g/mol. The smallest absolute Gasteiger partial charge is 0.419 e. The topological polar surface area (TPSA) is 66.9 Å². The molecule has 2 fully saturated rings. The van der Waals surface area contributed by atoms with Crippen LogP contribution in [-0.2, 0) is 10.9 Å². The van der Waals surface area contributed by atoms with Gasteiger partial charge in [-0.1, -0.05) is 0 Å². The lowest BCUT2D eigenvalue weighted by Crippen LogP contribution is -2.53. The SMILES string of the molecule is CC1CN(c2ncccc2C(F)(F)F)CCN1c1cc(-c2ccc(OC(F)(F)P)cc2)nc(N2CCOCC2)n1. The minimum absolute atomic E-state index is 0.00363. The van der Waals surface area contributed by atoms with Gasteiger partial charge in [-0.2, -0.15) is 26.9 Å². The number of ether oxygens (including phenoxy) is 2. The highest BCUT2D eigenvalue weighted by Crippen LogP contribution is 2.37. The third kappa shape index (κ3) is 6.52. The van der Waals surface area contributed by atoms with Crippen LogP contribution < -0.4 is 19.4 Å². The first-order valence-corrected chi connectivity index (χ1v) is 13.3. The lowest BCUT2D eigenvalue weighted by Gasteiger charge is -2.42. The first-order chi connectivity index (χ1) is 19.0. The number of hydrogen-bond acceptors (Lipinski definition) is 8. The van der Waals surface area contributed by atoms with Crippen molar-refractivity contribution in [2.75, 3.05) is 60.6 Å². The van der Waals surface area contributed by atoms with Gasteiger partial charge in [-0.15, -0.1) is 0 Å². The van der Waals surface area contributed by atoms with Crippen molar-refractivity contribution in [3.63, 3.8) is 0 Å². The van der Waals surface area contributed by atoms with Gasteiger partial charge in [0.15, 0.2) is 0 Å². The van der Waals surface area contributed by atoms with Crippen LogP contribution in [0.3, 0.4) is 0 Å². The third-order valence-electron chi connectivity index (χ3n) is 6.71. The Morgan fingerprint density at radius 3 is 2.33 bits per heavy atom. The molecule has 0 bridgehead atoms. The molecule has 40 heavy (non-hydrogen) atoms. The molecule has 0 spiro atoms. The zero-order chi connectivity index (χ0) is 28.5. The summed E-state index contributed by atoms with van der Waals surface area (Å²) in [6, 6.07) is 10.1. The highest BCUT2D eigenvalue weighted by Gasteiger charge is 2.37. The number of pyridine rings is 1. The number of morpholine rings is 1. The summed E-state index contributed by atoms with van der Waals surface area (Å²) in [6.07, 6.45) is -3.14. The van der Waals surface area contributed by atoms with Crippen LogP contribution in [0.1, 0.15) is 12.5 Å². The maximum absolute atomic E-state index is 13.6. The Morgan fingerprint density at radius 2 is 1.68 bits per heavy atom. The van der Waals surface area contributed by atoms with E-state index < -0.39 is 17.6 Å². The summed E-state index contributed by atoms with van der Waals surface area (Å²) >= 11 is 0. The Morgan fingerprint density at radius 1 is 0.950 bits per heavy atom. The van der Waals surface area contributed by atoms with E-state index in [4.69, 9.17) is 14.7 Å². The van der Waals surface area contributed by atoms with Crippen LogP contribution in [0, 0.1) is 0 Å². The molecule has 2 aliphatic heterocycles. The second-order valence-corrected chi connectivity index (χ2v) is 10.2. The predicted molar refractivity (Wildman–Crippen MR) is 144 cm³/mol. The molecule has 0 N–H and O–H groups in total. The van der Waals surface area contributed by atoms with Crippen molar-refractivity contribution >= 4 is 26.8 Å². The average Bonchev–Trinajstić information content (AvgIpc) is 2.92. The van der Waals surface area contributed by atoms with Crippen LogP contribution in [0.2, 0.25) is 0 Å². The predicted octanol–water partition coefficient (Wildman–Crippen LogP) is 4.91. The van der Waals surface area contributed by atoms with Crippen LogP contribution in [0.5, 0.6) is 5.75 Å². The second kappa shape index (κ2) is 11.3. The summed E-state index contributed by atoms with van der Waals surface area (Å²) in [5, 5.41) is 0. The summed E-state index contributed by atoms with van der Waals surface area (Å²) in [5.74, 6) is -2.36. The second-order valence-electron chi connectivity index (χ2n) is 9.56. The minimum Gasteiger partial charge on any atom is -0.430 e. The van der Waals surface area contributed by atoms with Crippen LogP contribution in [0.25, 0.3) is 11.3 Å². The van der Waals surface area contributed by atoms with Crippen molar-refractivity contribution in [1.82, 2.24) is 15.0 Å². The number of anilines is 3. The molecule has 2 atom stereocenters. The number of piperazine rings is 1. The fourth-order valence-electron chi connectivity index (χ4n) is 4.83. The van der Waals surface area contributed by atoms with Crippen LogP contribution in [-0.4, -0.2) is 72.8 Å². The standard InChI is InChI=1S/C26H28F5N6O2P/c1-17-16-36(23-20(25(27,28)29)3-2-8-32-23)9-10-37(17)22-15-21(33-24(34-22)35-11-13-38-14-12-35)18-4-6-19(7-5-18)39-26(30,31)40/h2-8,15,17H,9-14,16,40H2,1H3. The van der Waals surface area contributed by atoms with Gasteiger partial charge in [0.2, 0.25) is 5.95 Å². The fourth-order valence-corrected chi connectivity index (χ4v) is 4.97. The Kier molecular flexibility index (Phi) is 7.96. The molecule has 214 valence electrons. The molecule has 5 rings (SSSR count).